The van der Waals surface area contributed by atoms with E-state index in [1.54, 1.807) is 0 Å². The van der Waals surface area contributed by atoms with Gasteiger partial charge in [-0.05, 0) is 32.6 Å². The van der Waals surface area contributed by atoms with E-state index in [-0.39, 0.29) is 5.54 Å². The summed E-state index contributed by atoms with van der Waals surface area (Å²) in [6.07, 6.45) is 2.56. The van der Waals surface area contributed by atoms with Gasteiger partial charge in [0.1, 0.15) is 0 Å². The summed E-state index contributed by atoms with van der Waals surface area (Å²) in [6, 6.07) is 0. The van der Waals surface area contributed by atoms with Gasteiger partial charge >= 0.3 is 0 Å². The summed E-state index contributed by atoms with van der Waals surface area (Å²) in [5.41, 5.74) is 0.140. The van der Waals surface area contributed by atoms with Crippen molar-refractivity contribution < 1.29 is 9.47 Å². The molecule has 1 aliphatic heterocycles. The molecule has 0 radical (unpaired) electrons. The first kappa shape index (κ1) is 13.9. The van der Waals surface area contributed by atoms with Crippen LogP contribution in [0.5, 0.6) is 0 Å². The Hall–Kier alpha value is -0.120. The Labute approximate surface area is 99.9 Å². The lowest BCUT2D eigenvalue weighted by Gasteiger charge is -2.29. The van der Waals surface area contributed by atoms with Gasteiger partial charge in [-0.25, -0.2) is 0 Å². The smallest absolute Gasteiger partial charge is 0.0726 e. The van der Waals surface area contributed by atoms with Gasteiger partial charge in [0.25, 0.3) is 0 Å². The topological polar surface area (TPSA) is 30.5 Å². The highest BCUT2D eigenvalue weighted by Crippen LogP contribution is 2.24. The Kier molecular flexibility index (Phi) is 5.73. The highest BCUT2D eigenvalue weighted by Gasteiger charge is 2.35. The molecular formula is C13H27NO2. The van der Waals surface area contributed by atoms with Crippen LogP contribution in [0.15, 0.2) is 0 Å². The van der Waals surface area contributed by atoms with Gasteiger partial charge in [0.15, 0.2) is 0 Å². The molecule has 1 N–H and O–H groups in total. The molecular weight excluding hydrogens is 202 g/mol. The lowest BCUT2D eigenvalue weighted by atomic mass is 9.95. The molecule has 1 saturated heterocycles. The third kappa shape index (κ3) is 4.40. The van der Waals surface area contributed by atoms with Gasteiger partial charge in [-0.3, -0.25) is 0 Å². The van der Waals surface area contributed by atoms with Gasteiger partial charge in [-0.15, -0.1) is 0 Å². The molecule has 16 heavy (non-hydrogen) atoms. The van der Waals surface area contributed by atoms with Crippen molar-refractivity contribution in [3.05, 3.63) is 0 Å². The fraction of sp³-hybridized carbons (Fsp3) is 1.00. The average Bonchev–Trinajstić information content (AvgIpc) is 2.53. The molecule has 96 valence electrons. The molecule has 1 aliphatic rings. The molecule has 3 heteroatoms. The summed E-state index contributed by atoms with van der Waals surface area (Å²) in [6.45, 7) is 12.3. The second-order valence-corrected chi connectivity index (χ2v) is 5.40. The van der Waals surface area contributed by atoms with Crippen molar-refractivity contribution in [3.8, 4) is 0 Å². The first-order chi connectivity index (χ1) is 7.54. The first-order valence-electron chi connectivity index (χ1n) is 6.49. The normalized spacial score (nSPS) is 30.2. The number of nitrogens with one attached hydrogen (secondary N) is 1. The van der Waals surface area contributed by atoms with Gasteiger partial charge in [0, 0.05) is 25.3 Å². The van der Waals surface area contributed by atoms with Crippen LogP contribution in [0.4, 0.5) is 0 Å². The second-order valence-electron chi connectivity index (χ2n) is 5.40. The molecule has 0 aromatic heterocycles. The third-order valence-corrected chi connectivity index (χ3v) is 3.50. The molecule has 0 aromatic rings. The van der Waals surface area contributed by atoms with Crippen LogP contribution in [0.1, 0.15) is 40.5 Å². The highest BCUT2D eigenvalue weighted by molar-refractivity contribution is 4.93. The molecule has 3 nitrogen and oxygen atoms in total. The molecule has 2 unspecified atom stereocenters. The van der Waals surface area contributed by atoms with Gasteiger partial charge in [-0.2, -0.15) is 0 Å². The van der Waals surface area contributed by atoms with Gasteiger partial charge < -0.3 is 14.8 Å². The van der Waals surface area contributed by atoms with Crippen LogP contribution in [0.25, 0.3) is 0 Å². The molecule has 2 atom stereocenters. The molecule has 0 aliphatic carbocycles. The summed E-state index contributed by atoms with van der Waals surface area (Å²) < 4.78 is 11.2. The van der Waals surface area contributed by atoms with Crippen molar-refractivity contribution in [1.82, 2.24) is 5.32 Å². The van der Waals surface area contributed by atoms with E-state index in [2.05, 4.69) is 33.0 Å². The van der Waals surface area contributed by atoms with Crippen LogP contribution in [-0.2, 0) is 9.47 Å². The van der Waals surface area contributed by atoms with Crippen molar-refractivity contribution in [3.63, 3.8) is 0 Å². The van der Waals surface area contributed by atoms with Crippen molar-refractivity contribution in [2.45, 2.75) is 52.2 Å². The van der Waals surface area contributed by atoms with Crippen LogP contribution >= 0.6 is 0 Å². The Morgan fingerprint density at radius 3 is 2.75 bits per heavy atom. The Bertz CT molecular complexity index is 196. The zero-order valence-electron chi connectivity index (χ0n) is 11.2. The lowest BCUT2D eigenvalue weighted by Crippen LogP contribution is -2.48. The molecule has 0 aromatic carbocycles. The number of hydrogen-bond acceptors (Lipinski definition) is 3. The second kappa shape index (κ2) is 6.58. The van der Waals surface area contributed by atoms with E-state index in [0.717, 1.165) is 45.1 Å². The van der Waals surface area contributed by atoms with E-state index in [9.17, 15) is 0 Å². The van der Waals surface area contributed by atoms with Crippen LogP contribution in [0.3, 0.4) is 0 Å². The maximum Gasteiger partial charge on any atom is 0.0726 e. The van der Waals surface area contributed by atoms with E-state index < -0.39 is 0 Å². The molecule has 0 spiro atoms. The summed E-state index contributed by atoms with van der Waals surface area (Å²) >= 11 is 0. The minimum atomic E-state index is 0.140. The van der Waals surface area contributed by atoms with Crippen LogP contribution in [0, 0.1) is 5.92 Å². The highest BCUT2D eigenvalue weighted by atomic mass is 16.5. The molecule has 0 bridgehead atoms. The third-order valence-electron chi connectivity index (χ3n) is 3.50. The predicted molar refractivity (Wildman–Crippen MR) is 66.7 cm³/mol. The van der Waals surface area contributed by atoms with E-state index in [0.29, 0.717) is 6.10 Å². The van der Waals surface area contributed by atoms with Crippen molar-refractivity contribution in [1.29, 1.82) is 0 Å². The monoisotopic (exact) mass is 229 g/mol. The van der Waals surface area contributed by atoms with E-state index in [1.165, 1.54) is 0 Å². The minimum Gasteiger partial charge on any atom is -0.380 e. The van der Waals surface area contributed by atoms with Gasteiger partial charge in [0.05, 0.1) is 12.7 Å². The van der Waals surface area contributed by atoms with Crippen LogP contribution in [-0.4, -0.2) is 38.0 Å². The van der Waals surface area contributed by atoms with E-state index >= 15 is 0 Å². The predicted octanol–water partition coefficient (Wildman–Crippen LogP) is 2.21. The molecule has 1 fully saturated rings. The van der Waals surface area contributed by atoms with Gasteiger partial charge in [-0.1, -0.05) is 13.8 Å². The Morgan fingerprint density at radius 1 is 1.44 bits per heavy atom. The minimum absolute atomic E-state index is 0.140. The summed E-state index contributed by atoms with van der Waals surface area (Å²) in [4.78, 5) is 0. The van der Waals surface area contributed by atoms with Crippen LogP contribution in [0.2, 0.25) is 0 Å². The quantitative estimate of drug-likeness (QED) is 0.679. The zero-order chi connectivity index (χ0) is 12.0. The van der Waals surface area contributed by atoms with Crippen molar-refractivity contribution in [2.24, 2.45) is 5.92 Å². The molecule has 0 amide bonds. The van der Waals surface area contributed by atoms with E-state index in [1.807, 2.05) is 0 Å². The fourth-order valence-corrected chi connectivity index (χ4v) is 1.90. The summed E-state index contributed by atoms with van der Waals surface area (Å²) in [7, 11) is 0. The maximum atomic E-state index is 5.58. The van der Waals surface area contributed by atoms with E-state index in [4.69, 9.17) is 9.47 Å². The average molecular weight is 229 g/mol. The molecule has 1 rings (SSSR count). The van der Waals surface area contributed by atoms with Crippen LogP contribution < -0.4 is 5.32 Å². The maximum absolute atomic E-state index is 5.58. The number of rotatable bonds is 7. The fourth-order valence-electron chi connectivity index (χ4n) is 1.90. The summed E-state index contributed by atoms with van der Waals surface area (Å²) in [5.74, 6) is 0.730. The number of ether oxygens (including phenoxy) is 2. The molecule has 0 saturated carbocycles. The standard InChI is InChI=1S/C13H27NO2/c1-11(2)5-8-15-10-7-14-13(4)6-9-16-12(13)3/h11-12,14H,5-10H2,1-4H3. The largest absolute Gasteiger partial charge is 0.380 e. The Morgan fingerprint density at radius 2 is 2.19 bits per heavy atom. The summed E-state index contributed by atoms with van der Waals surface area (Å²) in [5, 5.41) is 3.55. The number of hydrogen-bond donors (Lipinski definition) is 1. The van der Waals surface area contributed by atoms with Gasteiger partial charge in [0.2, 0.25) is 0 Å². The van der Waals surface area contributed by atoms with Crippen molar-refractivity contribution in [2.75, 3.05) is 26.4 Å². The van der Waals surface area contributed by atoms with Crippen molar-refractivity contribution >= 4 is 0 Å². The molecule has 1 heterocycles. The Balaban J connectivity index is 2.02. The lowest BCUT2D eigenvalue weighted by molar-refractivity contribution is 0.0790. The SMILES string of the molecule is CC(C)CCOCCNC1(C)CCOC1C. The zero-order valence-corrected chi connectivity index (χ0v) is 11.2. The first-order valence-corrected chi connectivity index (χ1v) is 6.49.